The number of nitrogens with one attached hydrogen (secondary N) is 3. The number of nitriles is 1. The van der Waals surface area contributed by atoms with E-state index in [1.54, 1.807) is 12.3 Å². The third kappa shape index (κ3) is 4.37. The first kappa shape index (κ1) is 22.4. The Bertz CT molecular complexity index is 1360. The Hall–Kier alpha value is -3.40. The number of rotatable bonds is 8. The van der Waals surface area contributed by atoms with Crippen molar-refractivity contribution >= 4 is 38.5 Å². The standard InChI is InChI=1S/C22H25N7O4S/c1-32-18-10-16(34(30,31)29-6-8-33-9-7-29)4-5-17(18)26-22-27-20(24-12-14-2-3-14)19-15(11-23)13-25-21(19)28-22/h4-5,10,13-14H,2-3,6-9,12H2,1H3,(H3,24,25,26,27,28). The van der Waals surface area contributed by atoms with Crippen molar-refractivity contribution in [3.63, 3.8) is 0 Å². The minimum absolute atomic E-state index is 0.142. The number of sulfonamides is 1. The van der Waals surface area contributed by atoms with Crippen LogP contribution in [0.1, 0.15) is 18.4 Å². The molecule has 0 radical (unpaired) electrons. The summed E-state index contributed by atoms with van der Waals surface area (Å²) < 4.78 is 38.2. The zero-order chi connectivity index (χ0) is 23.7. The van der Waals surface area contributed by atoms with Crippen LogP contribution in [0.2, 0.25) is 0 Å². The molecule has 12 heteroatoms. The largest absolute Gasteiger partial charge is 0.495 e. The van der Waals surface area contributed by atoms with Gasteiger partial charge in [0.15, 0.2) is 0 Å². The van der Waals surface area contributed by atoms with Crippen LogP contribution in [0.5, 0.6) is 5.75 Å². The van der Waals surface area contributed by atoms with E-state index >= 15 is 0 Å². The molecule has 1 aromatic carbocycles. The van der Waals surface area contributed by atoms with Crippen LogP contribution in [0.15, 0.2) is 29.3 Å². The Kier molecular flexibility index (Phi) is 5.99. The van der Waals surface area contributed by atoms with E-state index in [2.05, 4.69) is 31.7 Å². The normalized spacial score (nSPS) is 16.8. The highest BCUT2D eigenvalue weighted by molar-refractivity contribution is 7.89. The molecular formula is C22H25N7O4S. The number of methoxy groups -OCH3 is 1. The number of anilines is 3. The van der Waals surface area contributed by atoms with Gasteiger partial charge in [-0.1, -0.05) is 0 Å². The van der Waals surface area contributed by atoms with Gasteiger partial charge < -0.3 is 25.1 Å². The van der Waals surface area contributed by atoms with Gasteiger partial charge in [0.2, 0.25) is 16.0 Å². The van der Waals surface area contributed by atoms with Gasteiger partial charge in [-0.2, -0.15) is 19.5 Å². The second-order valence-electron chi connectivity index (χ2n) is 8.26. The summed E-state index contributed by atoms with van der Waals surface area (Å²) in [6, 6.07) is 6.82. The van der Waals surface area contributed by atoms with E-state index in [1.165, 1.54) is 36.4 Å². The number of hydrogen-bond acceptors (Lipinski definition) is 9. The van der Waals surface area contributed by atoms with Crippen molar-refractivity contribution in [1.82, 2.24) is 19.3 Å². The summed E-state index contributed by atoms with van der Waals surface area (Å²) in [5.41, 5.74) is 1.51. The van der Waals surface area contributed by atoms with Gasteiger partial charge in [-0.25, -0.2) is 8.42 Å². The lowest BCUT2D eigenvalue weighted by molar-refractivity contribution is 0.0730. The van der Waals surface area contributed by atoms with E-state index in [-0.39, 0.29) is 4.90 Å². The molecule has 2 aromatic heterocycles. The van der Waals surface area contributed by atoms with E-state index in [0.29, 0.717) is 72.0 Å². The van der Waals surface area contributed by atoms with Gasteiger partial charge in [-0.05, 0) is 30.9 Å². The highest BCUT2D eigenvalue weighted by Crippen LogP contribution is 2.34. The molecule has 2 fully saturated rings. The topological polar surface area (TPSA) is 145 Å². The van der Waals surface area contributed by atoms with Crippen LogP contribution in [0.3, 0.4) is 0 Å². The van der Waals surface area contributed by atoms with Crippen LogP contribution in [0, 0.1) is 17.2 Å². The Balaban J connectivity index is 1.45. The third-order valence-electron chi connectivity index (χ3n) is 5.93. The van der Waals surface area contributed by atoms with Gasteiger partial charge >= 0.3 is 0 Å². The van der Waals surface area contributed by atoms with E-state index in [9.17, 15) is 13.7 Å². The van der Waals surface area contributed by atoms with Gasteiger partial charge in [-0.15, -0.1) is 0 Å². The van der Waals surface area contributed by atoms with Crippen LogP contribution in [0.25, 0.3) is 11.0 Å². The smallest absolute Gasteiger partial charge is 0.243 e. The summed E-state index contributed by atoms with van der Waals surface area (Å²) in [6.45, 7) is 2.16. The average molecular weight is 484 g/mol. The predicted octanol–water partition coefficient (Wildman–Crippen LogP) is 2.42. The van der Waals surface area contributed by atoms with E-state index in [4.69, 9.17) is 9.47 Å². The molecule has 1 aliphatic carbocycles. The Morgan fingerprint density at radius 2 is 2.09 bits per heavy atom. The summed E-state index contributed by atoms with van der Waals surface area (Å²) in [6.07, 6.45) is 3.97. The van der Waals surface area contributed by atoms with Crippen molar-refractivity contribution in [2.45, 2.75) is 17.7 Å². The molecule has 3 N–H and O–H groups in total. The lowest BCUT2D eigenvalue weighted by atomic mass is 10.2. The molecule has 0 unspecified atom stereocenters. The van der Waals surface area contributed by atoms with Crippen molar-refractivity contribution in [2.24, 2.45) is 5.92 Å². The first-order valence-corrected chi connectivity index (χ1v) is 12.5. The molecule has 11 nitrogen and oxygen atoms in total. The summed E-state index contributed by atoms with van der Waals surface area (Å²) in [5.74, 6) is 1.82. The Morgan fingerprint density at radius 3 is 2.79 bits per heavy atom. The molecule has 0 bridgehead atoms. The molecule has 1 saturated carbocycles. The number of aromatic amines is 1. The summed E-state index contributed by atoms with van der Waals surface area (Å²) in [7, 11) is -2.19. The first-order valence-electron chi connectivity index (χ1n) is 11.1. The molecule has 0 amide bonds. The van der Waals surface area contributed by atoms with E-state index < -0.39 is 10.0 Å². The number of nitrogens with zero attached hydrogens (tertiary/aromatic N) is 4. The van der Waals surface area contributed by atoms with Gasteiger partial charge in [0.1, 0.15) is 23.3 Å². The number of H-pyrrole nitrogens is 1. The highest BCUT2D eigenvalue weighted by atomic mass is 32.2. The number of ether oxygens (including phenoxy) is 2. The van der Waals surface area contributed by atoms with Crippen molar-refractivity contribution < 1.29 is 17.9 Å². The summed E-state index contributed by atoms with van der Waals surface area (Å²) >= 11 is 0. The van der Waals surface area contributed by atoms with Crippen LogP contribution >= 0.6 is 0 Å². The van der Waals surface area contributed by atoms with Crippen molar-refractivity contribution in [3.8, 4) is 11.8 Å². The molecule has 3 heterocycles. The summed E-state index contributed by atoms with van der Waals surface area (Å²) in [4.78, 5) is 12.3. The van der Waals surface area contributed by atoms with Gasteiger partial charge in [-0.3, -0.25) is 0 Å². The minimum atomic E-state index is -3.66. The maximum atomic E-state index is 13.0. The van der Waals surface area contributed by atoms with Crippen molar-refractivity contribution in [3.05, 3.63) is 30.0 Å². The van der Waals surface area contributed by atoms with Crippen LogP contribution in [-0.4, -0.2) is 67.6 Å². The first-order chi connectivity index (χ1) is 16.5. The van der Waals surface area contributed by atoms with Crippen molar-refractivity contribution in [1.29, 1.82) is 5.26 Å². The molecule has 178 valence electrons. The lowest BCUT2D eigenvalue weighted by Crippen LogP contribution is -2.40. The maximum Gasteiger partial charge on any atom is 0.243 e. The zero-order valence-corrected chi connectivity index (χ0v) is 19.5. The van der Waals surface area contributed by atoms with Crippen molar-refractivity contribution in [2.75, 3.05) is 50.6 Å². The Labute approximate surface area is 197 Å². The van der Waals surface area contributed by atoms with Crippen LogP contribution in [-0.2, 0) is 14.8 Å². The third-order valence-corrected chi connectivity index (χ3v) is 7.83. The SMILES string of the molecule is COc1cc(S(=O)(=O)N2CCOCC2)ccc1Nc1nc(NCC2CC2)c2c(C#N)c[nH]c2n1. The Morgan fingerprint density at radius 1 is 1.29 bits per heavy atom. The molecule has 2 aliphatic rings. The minimum Gasteiger partial charge on any atom is -0.495 e. The quantitative estimate of drug-likeness (QED) is 0.440. The number of fused-ring (bicyclic) bond motifs is 1. The second kappa shape index (κ2) is 9.09. The van der Waals surface area contributed by atoms with E-state index in [0.717, 1.165) is 6.54 Å². The predicted molar refractivity (Wildman–Crippen MR) is 126 cm³/mol. The second-order valence-corrected chi connectivity index (χ2v) is 10.2. The van der Waals surface area contributed by atoms with Crippen LogP contribution in [0.4, 0.5) is 17.5 Å². The van der Waals surface area contributed by atoms with Crippen LogP contribution < -0.4 is 15.4 Å². The number of benzene rings is 1. The van der Waals surface area contributed by atoms with E-state index in [1.807, 2.05) is 0 Å². The number of hydrogen-bond donors (Lipinski definition) is 3. The van der Waals surface area contributed by atoms with Gasteiger partial charge in [0.05, 0.1) is 41.9 Å². The zero-order valence-electron chi connectivity index (χ0n) is 18.7. The molecule has 0 spiro atoms. The fourth-order valence-corrected chi connectivity index (χ4v) is 5.28. The molecule has 1 aliphatic heterocycles. The monoisotopic (exact) mass is 483 g/mol. The molecule has 1 saturated heterocycles. The average Bonchev–Trinajstić information content (AvgIpc) is 3.60. The molecule has 34 heavy (non-hydrogen) atoms. The summed E-state index contributed by atoms with van der Waals surface area (Å²) in [5, 5.41) is 16.6. The fraction of sp³-hybridized carbons (Fsp3) is 0.409. The van der Waals surface area contributed by atoms with Gasteiger partial charge in [0.25, 0.3) is 0 Å². The highest BCUT2D eigenvalue weighted by Gasteiger charge is 2.27. The molecule has 0 atom stereocenters. The van der Waals surface area contributed by atoms with Gasteiger partial charge in [0, 0.05) is 31.9 Å². The molecular weight excluding hydrogens is 458 g/mol. The fourth-order valence-electron chi connectivity index (χ4n) is 3.86. The number of morpholine rings is 1. The maximum absolute atomic E-state index is 13.0. The lowest BCUT2D eigenvalue weighted by Gasteiger charge is -2.26. The number of aromatic nitrogens is 3. The molecule has 5 rings (SSSR count). The molecule has 3 aromatic rings.